The minimum Gasteiger partial charge on any atom is -0.416 e. The van der Waals surface area contributed by atoms with Gasteiger partial charge >= 0.3 is 0 Å². The third-order valence-corrected chi connectivity index (χ3v) is 9.70. The summed E-state index contributed by atoms with van der Waals surface area (Å²) in [5.41, 5.74) is -0.144. The first-order chi connectivity index (χ1) is 10.5. The average Bonchev–Trinajstić information content (AvgIpc) is 2.99. The molecule has 5 heteroatoms. The first kappa shape index (κ1) is 18.6. The quantitative estimate of drug-likeness (QED) is 0.630. The van der Waals surface area contributed by atoms with E-state index >= 15 is 0 Å². The van der Waals surface area contributed by atoms with E-state index in [1.54, 1.807) is 0 Å². The molecule has 23 heavy (non-hydrogen) atoms. The van der Waals surface area contributed by atoms with Crippen molar-refractivity contribution in [1.82, 2.24) is 0 Å². The highest BCUT2D eigenvalue weighted by Crippen LogP contribution is 2.61. The summed E-state index contributed by atoms with van der Waals surface area (Å²) in [5.74, 6) is -2.67. The van der Waals surface area contributed by atoms with Gasteiger partial charge in [-0.05, 0) is 23.7 Å². The van der Waals surface area contributed by atoms with Crippen LogP contribution in [0, 0.1) is 5.41 Å². The predicted molar refractivity (Wildman–Crippen MR) is 91.2 cm³/mol. The predicted octanol–water partition coefficient (Wildman–Crippen LogP) is 5.25. The molecule has 0 radical (unpaired) electrons. The van der Waals surface area contributed by atoms with Crippen molar-refractivity contribution in [3.8, 4) is 0 Å². The van der Waals surface area contributed by atoms with Crippen LogP contribution in [0.4, 0.5) is 8.78 Å². The van der Waals surface area contributed by atoms with Crippen LogP contribution in [0.25, 0.3) is 0 Å². The highest BCUT2D eigenvalue weighted by atomic mass is 28.4. The minimum absolute atomic E-state index is 0.0171. The molecule has 1 fully saturated rings. The molecule has 0 amide bonds. The van der Waals surface area contributed by atoms with Crippen LogP contribution in [0.3, 0.4) is 0 Å². The van der Waals surface area contributed by atoms with E-state index in [4.69, 9.17) is 9.16 Å². The van der Waals surface area contributed by atoms with Gasteiger partial charge in [-0.15, -0.1) is 0 Å². The van der Waals surface area contributed by atoms with Crippen LogP contribution in [0.2, 0.25) is 18.1 Å². The van der Waals surface area contributed by atoms with Gasteiger partial charge in [0.25, 0.3) is 5.92 Å². The number of ether oxygens (including phenoxy) is 1. The minimum atomic E-state index is -2.67. The summed E-state index contributed by atoms with van der Waals surface area (Å²) in [4.78, 5) is 0. The molecule has 1 unspecified atom stereocenters. The monoisotopic (exact) mass is 342 g/mol. The molecule has 1 aliphatic carbocycles. The Balaban J connectivity index is 1.91. The summed E-state index contributed by atoms with van der Waals surface area (Å²) < 4.78 is 39.4. The van der Waals surface area contributed by atoms with Crippen LogP contribution < -0.4 is 0 Å². The van der Waals surface area contributed by atoms with Gasteiger partial charge in [-0.25, -0.2) is 8.78 Å². The van der Waals surface area contributed by atoms with Crippen molar-refractivity contribution in [1.29, 1.82) is 0 Å². The second kappa shape index (κ2) is 6.26. The zero-order valence-electron chi connectivity index (χ0n) is 14.8. The largest absolute Gasteiger partial charge is 0.416 e. The van der Waals surface area contributed by atoms with Crippen molar-refractivity contribution in [2.24, 2.45) is 5.41 Å². The number of benzene rings is 1. The molecule has 0 spiro atoms. The van der Waals surface area contributed by atoms with Crippen molar-refractivity contribution in [3.05, 3.63) is 35.9 Å². The van der Waals surface area contributed by atoms with E-state index in [-0.39, 0.29) is 24.7 Å². The lowest BCUT2D eigenvalue weighted by Crippen LogP contribution is -2.43. The Morgan fingerprint density at radius 1 is 1.09 bits per heavy atom. The molecule has 2 rings (SSSR count). The van der Waals surface area contributed by atoms with E-state index in [0.717, 1.165) is 5.56 Å². The fourth-order valence-corrected chi connectivity index (χ4v) is 3.28. The molecule has 1 saturated carbocycles. The van der Waals surface area contributed by atoms with Gasteiger partial charge in [-0.3, -0.25) is 0 Å². The lowest BCUT2D eigenvalue weighted by molar-refractivity contribution is -0.0182. The van der Waals surface area contributed by atoms with Crippen LogP contribution in [0.5, 0.6) is 0 Å². The Bertz CT molecular complexity index is 526. The first-order valence-corrected chi connectivity index (χ1v) is 11.0. The summed E-state index contributed by atoms with van der Waals surface area (Å²) >= 11 is 0. The second-order valence-electron chi connectivity index (χ2n) is 8.19. The summed E-state index contributed by atoms with van der Waals surface area (Å²) in [5, 5.41) is 0.0171. The number of hydrogen-bond acceptors (Lipinski definition) is 2. The van der Waals surface area contributed by atoms with Crippen LogP contribution in [-0.4, -0.2) is 27.5 Å². The lowest BCUT2D eigenvalue weighted by atomic mass is 10.1. The molecular weight excluding hydrogens is 314 g/mol. The maximum Gasteiger partial charge on any atom is 0.259 e. The van der Waals surface area contributed by atoms with Gasteiger partial charge in [0.15, 0.2) is 8.32 Å². The molecule has 0 aliphatic heterocycles. The summed E-state index contributed by atoms with van der Waals surface area (Å²) in [7, 11) is -2.03. The van der Waals surface area contributed by atoms with E-state index in [0.29, 0.717) is 6.61 Å². The molecule has 1 aromatic rings. The Kier molecular flexibility index (Phi) is 5.05. The maximum absolute atomic E-state index is 13.9. The molecule has 0 heterocycles. The zero-order chi connectivity index (χ0) is 17.4. The van der Waals surface area contributed by atoms with Crippen molar-refractivity contribution in [3.63, 3.8) is 0 Å². The number of rotatable bonds is 7. The first-order valence-electron chi connectivity index (χ1n) is 8.13. The van der Waals surface area contributed by atoms with Crippen LogP contribution in [0.15, 0.2) is 30.3 Å². The van der Waals surface area contributed by atoms with Gasteiger partial charge in [0.2, 0.25) is 0 Å². The van der Waals surface area contributed by atoms with Crippen molar-refractivity contribution in [2.45, 2.75) is 57.9 Å². The number of hydrogen-bond donors (Lipinski definition) is 0. The van der Waals surface area contributed by atoms with Gasteiger partial charge < -0.3 is 9.16 Å². The Morgan fingerprint density at radius 3 is 2.13 bits per heavy atom. The Morgan fingerprint density at radius 2 is 1.65 bits per heavy atom. The van der Waals surface area contributed by atoms with Gasteiger partial charge in [0.05, 0.1) is 18.6 Å². The average molecular weight is 343 g/mol. The van der Waals surface area contributed by atoms with E-state index in [1.807, 2.05) is 30.3 Å². The molecule has 1 aliphatic rings. The van der Waals surface area contributed by atoms with E-state index in [9.17, 15) is 8.78 Å². The lowest BCUT2D eigenvalue weighted by Gasteiger charge is -2.37. The van der Waals surface area contributed by atoms with Crippen molar-refractivity contribution in [2.75, 3.05) is 13.2 Å². The Labute approximate surface area is 139 Å². The third-order valence-electron chi connectivity index (χ3n) is 5.22. The maximum atomic E-state index is 13.9. The summed E-state index contributed by atoms with van der Waals surface area (Å²) in [6.07, 6.45) is -0.136. The smallest absolute Gasteiger partial charge is 0.259 e. The van der Waals surface area contributed by atoms with Crippen LogP contribution >= 0.6 is 0 Å². The molecule has 0 aromatic heterocycles. The van der Waals surface area contributed by atoms with Crippen LogP contribution in [0.1, 0.15) is 32.8 Å². The number of halogens is 2. The summed E-state index contributed by atoms with van der Waals surface area (Å²) in [6, 6.07) is 9.63. The molecule has 1 atom stereocenters. The molecule has 2 nitrogen and oxygen atoms in total. The van der Waals surface area contributed by atoms with Gasteiger partial charge in [0, 0.05) is 13.0 Å². The van der Waals surface area contributed by atoms with Gasteiger partial charge in [0.1, 0.15) is 0 Å². The van der Waals surface area contributed by atoms with Crippen molar-refractivity contribution < 1.29 is 17.9 Å². The third kappa shape index (κ3) is 4.20. The molecule has 0 saturated heterocycles. The molecule has 1 aromatic carbocycles. The topological polar surface area (TPSA) is 18.5 Å². The number of alkyl halides is 2. The standard InChI is InChI=1S/C18H28F2O2Si/c1-16(2,3)23(4,5)22-14-17(12-18(17,19)20)13-21-11-15-9-7-6-8-10-15/h6-10H,11-14H2,1-5H3. The zero-order valence-corrected chi connectivity index (χ0v) is 15.8. The normalized spacial score (nSPS) is 23.8. The second-order valence-corrected chi connectivity index (χ2v) is 13.0. The van der Waals surface area contributed by atoms with Gasteiger partial charge in [-0.2, -0.15) is 0 Å². The van der Waals surface area contributed by atoms with Crippen LogP contribution in [-0.2, 0) is 15.8 Å². The van der Waals surface area contributed by atoms with Crippen molar-refractivity contribution >= 4 is 8.32 Å². The summed E-state index contributed by atoms with van der Waals surface area (Å²) in [6.45, 7) is 11.0. The molecule has 0 N–H and O–H groups in total. The fourth-order valence-electron chi connectivity index (χ4n) is 2.21. The van der Waals surface area contributed by atoms with E-state index in [2.05, 4.69) is 33.9 Å². The molecule has 0 bridgehead atoms. The fraction of sp³-hybridized carbons (Fsp3) is 0.667. The molecule has 130 valence electrons. The van der Waals surface area contributed by atoms with E-state index < -0.39 is 19.7 Å². The van der Waals surface area contributed by atoms with E-state index in [1.165, 1.54) is 0 Å². The highest BCUT2D eigenvalue weighted by Gasteiger charge is 2.71. The molecular formula is C18H28F2O2Si. The highest BCUT2D eigenvalue weighted by molar-refractivity contribution is 6.74. The Hall–Kier alpha value is -0.783. The van der Waals surface area contributed by atoms with Gasteiger partial charge in [-0.1, -0.05) is 51.1 Å². The SMILES string of the molecule is CC(C)(C)[Si](C)(C)OCC1(COCc2ccccc2)CC1(F)F.